The average molecular weight is 809 g/mol. The summed E-state index contributed by atoms with van der Waals surface area (Å²) in [5, 5.41) is 2.96. The smallest absolute Gasteiger partial charge is 0.303 e. The van der Waals surface area contributed by atoms with Crippen LogP contribution in [0, 0.1) is 44.3 Å². The van der Waals surface area contributed by atoms with Crippen molar-refractivity contribution in [3.63, 3.8) is 0 Å². The summed E-state index contributed by atoms with van der Waals surface area (Å²) in [6.45, 7) is 25.7. The van der Waals surface area contributed by atoms with Gasteiger partial charge >= 0.3 is 10.2 Å². The van der Waals surface area contributed by atoms with E-state index in [2.05, 4.69) is 30.5 Å². The van der Waals surface area contributed by atoms with Gasteiger partial charge in [0.15, 0.2) is 17.3 Å². The van der Waals surface area contributed by atoms with E-state index in [9.17, 15) is 32.4 Å². The molecule has 57 heavy (non-hydrogen) atoms. The lowest BCUT2D eigenvalue weighted by molar-refractivity contribution is -0.147. The molecule has 0 aromatic carbocycles. The van der Waals surface area contributed by atoms with Gasteiger partial charge in [-0.25, -0.2) is 4.72 Å². The number of hydrogen-bond acceptors (Lipinski definition) is 8. The second-order valence-electron chi connectivity index (χ2n) is 20.9. The standard InChI is InChI=1S/C44H64N4O8S/c1-13-28-21-42(28,38(54)46-57(55,56)47-17-18-47)23-33(51)31-22-44(41(11,12)43(44)15-14-16-43)24-48(31)37(53)30(39(5,6)7)20-32(50)35(40(8,9)10)45-36(52)29-19-25(2)26(3)34(29)27(4)49/h13,28,30-31,35H,1,14-24H2,2-12H3,(H,45,52)(H,46,54)/t28-,30-,31+,35-,42-,44-/m1/s1. The Hall–Kier alpha value is -3.45. The molecule has 5 fully saturated rings. The van der Waals surface area contributed by atoms with Crippen LogP contribution in [-0.2, 0) is 39.0 Å². The monoisotopic (exact) mass is 808 g/mol. The first kappa shape index (κ1) is 43.1. The van der Waals surface area contributed by atoms with E-state index < -0.39 is 56.3 Å². The summed E-state index contributed by atoms with van der Waals surface area (Å²) in [4.78, 5) is 86.2. The van der Waals surface area contributed by atoms with Gasteiger partial charge < -0.3 is 10.2 Å². The van der Waals surface area contributed by atoms with Gasteiger partial charge in [0.1, 0.15) is 0 Å². The molecule has 2 aliphatic heterocycles. The van der Waals surface area contributed by atoms with Crippen LogP contribution in [0.25, 0.3) is 0 Å². The second-order valence-corrected chi connectivity index (χ2v) is 22.5. The molecule has 13 heteroatoms. The molecule has 0 aromatic heterocycles. The van der Waals surface area contributed by atoms with Gasteiger partial charge in [-0.15, -0.1) is 6.58 Å². The summed E-state index contributed by atoms with van der Waals surface area (Å²) < 4.78 is 28.9. The van der Waals surface area contributed by atoms with Crippen LogP contribution in [0.1, 0.15) is 128 Å². The van der Waals surface area contributed by atoms with Gasteiger partial charge in [-0.1, -0.05) is 73.5 Å². The lowest BCUT2D eigenvalue weighted by Gasteiger charge is -2.37. The van der Waals surface area contributed by atoms with Crippen molar-refractivity contribution in [2.45, 2.75) is 140 Å². The molecule has 314 valence electrons. The highest BCUT2D eigenvalue weighted by atomic mass is 32.2. The number of fused-ring (bicyclic) bond motifs is 1. The van der Waals surface area contributed by atoms with E-state index in [0.29, 0.717) is 43.6 Å². The van der Waals surface area contributed by atoms with Crippen LogP contribution in [-0.4, -0.2) is 84.4 Å². The molecule has 6 atom stereocenters. The first-order valence-corrected chi connectivity index (χ1v) is 22.1. The summed E-state index contributed by atoms with van der Waals surface area (Å²) in [7, 11) is -4.01. The third-order valence-corrected chi connectivity index (χ3v) is 16.9. The molecule has 2 heterocycles. The molecule has 12 nitrogen and oxygen atoms in total. The lowest BCUT2D eigenvalue weighted by atomic mass is 9.73. The number of nitrogens with zero attached hydrogens (tertiary/aromatic N) is 2. The molecule has 2 saturated heterocycles. The Morgan fingerprint density at radius 3 is 2.02 bits per heavy atom. The maximum atomic E-state index is 15.2. The number of rotatable bonds is 14. The molecule has 3 amide bonds. The van der Waals surface area contributed by atoms with E-state index in [1.807, 2.05) is 55.4 Å². The van der Waals surface area contributed by atoms with Crippen molar-refractivity contribution in [1.82, 2.24) is 19.2 Å². The molecular formula is C44H64N4O8S. The Morgan fingerprint density at radius 2 is 1.56 bits per heavy atom. The zero-order chi connectivity index (χ0) is 42.6. The number of carbonyl (C=O) groups excluding carboxylic acids is 6. The summed E-state index contributed by atoms with van der Waals surface area (Å²) in [5.74, 6) is -3.57. The number of amides is 3. The fraction of sp³-hybridized carbons (Fsp3) is 0.727. The number of hydrogen-bond donors (Lipinski definition) is 2. The molecule has 0 aromatic rings. The highest BCUT2D eigenvalue weighted by Gasteiger charge is 2.85. The molecule has 0 unspecified atom stereocenters. The Morgan fingerprint density at radius 1 is 0.947 bits per heavy atom. The Balaban J connectivity index is 1.29. The van der Waals surface area contributed by atoms with Gasteiger partial charge in [0, 0.05) is 55.0 Å². The van der Waals surface area contributed by atoms with Gasteiger partial charge in [0.25, 0.3) is 0 Å². The summed E-state index contributed by atoms with van der Waals surface area (Å²) in [6.07, 6.45) is 5.31. The van der Waals surface area contributed by atoms with Gasteiger partial charge in [0.2, 0.25) is 17.7 Å². The van der Waals surface area contributed by atoms with E-state index in [-0.39, 0.29) is 64.7 Å². The minimum Gasteiger partial charge on any atom is -0.342 e. The molecule has 2 N–H and O–H groups in total. The van der Waals surface area contributed by atoms with Crippen LogP contribution in [0.15, 0.2) is 34.9 Å². The highest BCUT2D eigenvalue weighted by molar-refractivity contribution is 7.88. The maximum absolute atomic E-state index is 15.2. The van der Waals surface area contributed by atoms with Crippen LogP contribution in [0.2, 0.25) is 0 Å². The van der Waals surface area contributed by atoms with Crippen LogP contribution in [0.3, 0.4) is 0 Å². The molecule has 4 aliphatic carbocycles. The van der Waals surface area contributed by atoms with Crippen molar-refractivity contribution in [1.29, 1.82) is 0 Å². The minimum atomic E-state index is -4.01. The number of allylic oxidation sites excluding steroid dienone is 4. The third kappa shape index (κ3) is 6.90. The van der Waals surface area contributed by atoms with E-state index >= 15 is 4.79 Å². The van der Waals surface area contributed by atoms with Gasteiger partial charge in [0.05, 0.1) is 17.5 Å². The second kappa shape index (κ2) is 13.8. The predicted octanol–water partition coefficient (Wildman–Crippen LogP) is 5.39. The number of carbonyl (C=O) groups is 6. The molecule has 2 spiro atoms. The molecule has 3 saturated carbocycles. The van der Waals surface area contributed by atoms with Crippen LogP contribution >= 0.6 is 0 Å². The molecule has 0 bridgehead atoms. The van der Waals surface area contributed by atoms with Crippen LogP contribution in [0.5, 0.6) is 0 Å². The average Bonchev–Trinajstić information content (AvgIpc) is 4.00. The molecule has 6 rings (SSSR count). The highest BCUT2D eigenvalue weighted by Crippen LogP contribution is 2.88. The van der Waals surface area contributed by atoms with Gasteiger partial charge in [-0.05, 0) is 86.0 Å². The van der Waals surface area contributed by atoms with Crippen molar-refractivity contribution < 1.29 is 37.2 Å². The topological polar surface area (TPSA) is 167 Å². The summed E-state index contributed by atoms with van der Waals surface area (Å²) in [6, 6.07) is -1.83. The zero-order valence-electron chi connectivity index (χ0n) is 35.9. The van der Waals surface area contributed by atoms with Crippen molar-refractivity contribution in [3.05, 3.63) is 34.9 Å². The quantitative estimate of drug-likeness (QED) is 0.174. The van der Waals surface area contributed by atoms with E-state index in [0.717, 1.165) is 34.7 Å². The number of ketones is 3. The Bertz CT molecular complexity index is 2010. The fourth-order valence-corrected chi connectivity index (χ4v) is 12.3. The Kier molecular flexibility index (Phi) is 10.5. The zero-order valence-corrected chi connectivity index (χ0v) is 36.8. The van der Waals surface area contributed by atoms with Crippen molar-refractivity contribution in [2.24, 2.45) is 44.3 Å². The molecule has 6 aliphatic rings. The number of Topliss-reactive ketones (excluding diaryl/α,β-unsaturated/α-hetero) is 3. The van der Waals surface area contributed by atoms with Crippen molar-refractivity contribution >= 4 is 45.3 Å². The summed E-state index contributed by atoms with van der Waals surface area (Å²) >= 11 is 0. The first-order chi connectivity index (χ1) is 26.1. The van der Waals surface area contributed by atoms with Crippen LogP contribution in [0.4, 0.5) is 0 Å². The third-order valence-electron chi connectivity index (χ3n) is 15.4. The SMILES string of the molecule is C=C[C@@H]1C[C@]1(CC(=O)[C@@H]1C[C@@]2(CN1C(=O)[C@@H](CC(=O)[C@@H](NC(=O)C1=C(C(C)=O)C(C)=C(C)C1)C(C)(C)C)C(C)(C)C)C(C)(C)C21CCC1)C(=O)NS(=O)(=O)N1CC1. The lowest BCUT2D eigenvalue weighted by Crippen LogP contribution is -2.52. The molecular weight excluding hydrogens is 745 g/mol. The molecule has 0 radical (unpaired) electrons. The van der Waals surface area contributed by atoms with Gasteiger partial charge in [-0.2, -0.15) is 12.7 Å². The van der Waals surface area contributed by atoms with E-state index in [1.54, 1.807) is 11.0 Å². The predicted molar refractivity (Wildman–Crippen MR) is 216 cm³/mol. The first-order valence-electron chi connectivity index (χ1n) is 20.6. The van der Waals surface area contributed by atoms with Gasteiger partial charge in [-0.3, -0.25) is 28.8 Å². The summed E-state index contributed by atoms with van der Waals surface area (Å²) in [5.41, 5.74) is -0.768. The van der Waals surface area contributed by atoms with E-state index in [1.165, 1.54) is 6.92 Å². The maximum Gasteiger partial charge on any atom is 0.303 e. The van der Waals surface area contributed by atoms with Crippen molar-refractivity contribution in [3.8, 4) is 0 Å². The fourth-order valence-electron chi connectivity index (χ4n) is 11.2. The van der Waals surface area contributed by atoms with E-state index in [4.69, 9.17) is 0 Å². The number of likely N-dealkylation sites (tertiary alicyclic amines) is 1. The van der Waals surface area contributed by atoms with Crippen LogP contribution < -0.4 is 10.0 Å². The largest absolute Gasteiger partial charge is 0.342 e. The minimum absolute atomic E-state index is 0.00742. The van der Waals surface area contributed by atoms with Crippen molar-refractivity contribution in [2.75, 3.05) is 19.6 Å². The number of nitrogens with one attached hydrogen (secondary N) is 2. The normalized spacial score (nSPS) is 29.8. The Labute approximate surface area is 339 Å².